The fourth-order valence-electron chi connectivity index (χ4n) is 10.6. The molecule has 1 unspecified atom stereocenters. The maximum atomic E-state index is 11.3. The Bertz CT molecular complexity index is 1580. The van der Waals surface area contributed by atoms with E-state index in [4.69, 9.17) is 82.7 Å². The average Bonchev–Trinajstić information content (AvgIpc) is 4.44. The van der Waals surface area contributed by atoms with Gasteiger partial charge >= 0.3 is 0 Å². The fraction of sp³-hybridized carbons (Fsp3) is 1.00. The first-order chi connectivity index (χ1) is 39.1. The van der Waals surface area contributed by atoms with Crippen molar-refractivity contribution in [3.63, 3.8) is 0 Å². The van der Waals surface area contributed by atoms with Gasteiger partial charge in [0.25, 0.3) is 0 Å². The molecular formula is C45H75ClO36. The van der Waals surface area contributed by atoms with E-state index in [0.717, 1.165) is 6.61 Å². The van der Waals surface area contributed by atoms with Gasteiger partial charge in [-0.3, -0.25) is 0 Å². The van der Waals surface area contributed by atoms with E-state index in [1.54, 1.807) is 0 Å². The summed E-state index contributed by atoms with van der Waals surface area (Å²) < 4.78 is 84.2. The van der Waals surface area contributed by atoms with Gasteiger partial charge in [-0.25, -0.2) is 0 Å². The summed E-state index contributed by atoms with van der Waals surface area (Å²) in [5, 5.41) is 230. The predicted molar refractivity (Wildman–Crippen MR) is 249 cm³/mol. The zero-order valence-corrected chi connectivity index (χ0v) is 43.8. The Morgan fingerprint density at radius 3 is 0.451 bits per heavy atom. The van der Waals surface area contributed by atoms with Crippen molar-refractivity contribution in [3.05, 3.63) is 0 Å². The number of aliphatic hydroxyl groups is 21. The van der Waals surface area contributed by atoms with Crippen LogP contribution in [0.3, 0.4) is 0 Å². The topological polar surface area (TPSA) is 567 Å². The van der Waals surface area contributed by atoms with Crippen LogP contribution in [-0.4, -0.2) is 387 Å². The van der Waals surface area contributed by atoms with Crippen molar-refractivity contribution in [1.82, 2.24) is 0 Å². The van der Waals surface area contributed by atoms with Gasteiger partial charge in [-0.2, -0.15) is 0 Å². The summed E-state index contributed by atoms with van der Waals surface area (Å²) in [6, 6.07) is 0. The highest BCUT2D eigenvalue weighted by molar-refractivity contribution is 6.18. The number of hydrogen-bond acceptors (Lipinski definition) is 36. The Hall–Kier alpha value is -1.15. The van der Waals surface area contributed by atoms with Crippen LogP contribution in [-0.2, 0) is 71.1 Å². The van der Waals surface area contributed by atoms with Gasteiger partial charge in [0.15, 0.2) is 44.0 Å². The van der Waals surface area contributed by atoms with Gasteiger partial charge in [0.05, 0.1) is 64.8 Å². The van der Waals surface area contributed by atoms with E-state index < -0.39 is 261 Å². The molecule has 37 heteroatoms. The lowest BCUT2D eigenvalue weighted by Crippen LogP contribution is -2.68. The molecule has 0 amide bonds. The summed E-state index contributed by atoms with van der Waals surface area (Å²) in [4.78, 5) is 0. The Labute approximate surface area is 468 Å². The van der Waals surface area contributed by atoms with Gasteiger partial charge in [-0.05, 0) is 0 Å². The highest BCUT2D eigenvalue weighted by Gasteiger charge is 2.59. The summed E-state index contributed by atoms with van der Waals surface area (Å²) in [5.74, 6) is 0.667. The van der Waals surface area contributed by atoms with E-state index in [0.29, 0.717) is 12.0 Å². The summed E-state index contributed by atoms with van der Waals surface area (Å²) in [5.41, 5.74) is 0. The van der Waals surface area contributed by atoms with Crippen molar-refractivity contribution in [3.8, 4) is 0 Å². The van der Waals surface area contributed by atoms with Crippen molar-refractivity contribution in [2.45, 2.75) is 221 Å². The number of rotatable bonds is 8. The first-order valence-electron chi connectivity index (χ1n) is 26.2. The third-order valence-electron chi connectivity index (χ3n) is 15.4. The molecule has 21 N–H and O–H groups in total. The highest BCUT2D eigenvalue weighted by Crippen LogP contribution is 2.39. The maximum Gasteiger partial charge on any atom is 0.187 e. The molecule has 478 valence electrons. The predicted octanol–water partition coefficient (Wildman–Crippen LogP) is -14.6. The molecular weight excluding hydrogens is 1150 g/mol. The fourth-order valence-corrected chi connectivity index (χ4v) is 10.8. The molecule has 36 atom stereocenters. The molecule has 0 saturated carbocycles. The lowest BCUT2D eigenvalue weighted by molar-refractivity contribution is -0.396. The van der Waals surface area contributed by atoms with Crippen molar-refractivity contribution >= 4 is 11.6 Å². The molecule has 22 aliphatic heterocycles. The SMILES string of the molecule is ClCC1CO1.OC[C@@H]1O[C@@H]2O[C@H]3[C@@H](O)[C@H](O)[C@@H](O[C@H]4[C@@H](O)[C@H](O)[C@@H](O[C@H]5[C@@H](O)[C@H](O)[C@@H](O[C@H]6[C@H](O)[C@@H](O)[C@@H](O[C@H]7[C@H](O)[C@@H](O)[C@@H](O[C@H]8[C@H](O)[C@@H](O)[C@@H](O[C@H]1[C@H](O)[C@H]2O)O[C@@H]8CO)O[C@@H]7CO)O[C@@H]6CO)O[C@@H]5CO)O[C@@H]4CO)O[C@@H]3CO. The Morgan fingerprint density at radius 1 is 0.232 bits per heavy atom. The van der Waals surface area contributed by atoms with Crippen LogP contribution in [0.15, 0.2) is 0 Å². The molecule has 36 nitrogen and oxygen atoms in total. The van der Waals surface area contributed by atoms with Crippen molar-refractivity contribution in [1.29, 1.82) is 0 Å². The number of epoxide rings is 1. The smallest absolute Gasteiger partial charge is 0.187 e. The molecule has 0 radical (unpaired) electrons. The third kappa shape index (κ3) is 13.8. The molecule has 22 saturated heterocycles. The normalized spacial score (nSPS) is 54.1. The van der Waals surface area contributed by atoms with Crippen LogP contribution in [0.25, 0.3) is 0 Å². The van der Waals surface area contributed by atoms with Crippen LogP contribution in [0.5, 0.6) is 0 Å². The van der Waals surface area contributed by atoms with E-state index in [1.165, 1.54) is 0 Å². The third-order valence-corrected chi connectivity index (χ3v) is 15.7. The minimum Gasteiger partial charge on any atom is -0.394 e. The van der Waals surface area contributed by atoms with Gasteiger partial charge in [0.1, 0.15) is 171 Å². The number of alkyl halides is 1. The monoisotopic (exact) mass is 1230 g/mol. The highest BCUT2D eigenvalue weighted by atomic mass is 35.5. The average molecular weight is 1230 g/mol. The minimum absolute atomic E-state index is 0.400. The summed E-state index contributed by atoms with van der Waals surface area (Å²) >= 11 is 5.27. The molecule has 0 aliphatic carbocycles. The number of ether oxygens (including phenoxy) is 15. The van der Waals surface area contributed by atoms with E-state index in [2.05, 4.69) is 0 Å². The lowest BCUT2D eigenvalue weighted by atomic mass is 9.95. The first-order valence-corrected chi connectivity index (χ1v) is 26.8. The van der Waals surface area contributed by atoms with Crippen molar-refractivity contribution in [2.75, 3.05) is 58.7 Å². The van der Waals surface area contributed by atoms with Gasteiger partial charge < -0.3 is 178 Å². The largest absolute Gasteiger partial charge is 0.394 e. The standard InChI is InChI=1S/C42H70O35.C3H5ClO/c43-1-8-29-15(50)22(57)36(64-8)72-30-9(2-44)66-38(24(59)17(30)52)74-32-11(4-46)68-40(26(61)19(32)54)76-34-13(6-48)70-42(28(63)21(34)56)77-35-14(7-49)69-41(27(62)20(35)55)75-33-12(5-47)67-39(25(60)18(33)53)73-31-10(3-45)65-37(71-29)23(58)16(31)51;4-1-3-2-5-3/h8-63H,1-7H2;3H,1-2H2/t8-,9-,10-,11-,12-,13-,14+,15+,16+,17-,18+,19-,20-,21-,22+,23+,24-,25+,26-,27-,28-,29-,30-,31-,32-,33-,34-,35-,36-,37-,38-,39-,40-,41-,42-;/m1./s1. The molecule has 14 bridgehead atoms. The zero-order valence-electron chi connectivity index (χ0n) is 43.0. The van der Waals surface area contributed by atoms with Gasteiger partial charge in [-0.1, -0.05) is 0 Å². The van der Waals surface area contributed by atoms with E-state index >= 15 is 0 Å². The molecule has 22 aliphatic rings. The molecule has 82 heavy (non-hydrogen) atoms. The Balaban J connectivity index is 0.00000167. The quantitative estimate of drug-likeness (QED) is 0.0793. The van der Waals surface area contributed by atoms with Crippen LogP contribution in [0.4, 0.5) is 0 Å². The number of aliphatic hydroxyl groups excluding tert-OH is 21. The van der Waals surface area contributed by atoms with Crippen LogP contribution >= 0.6 is 11.6 Å². The second-order valence-corrected chi connectivity index (χ2v) is 21.1. The second-order valence-electron chi connectivity index (χ2n) is 20.8. The summed E-state index contributed by atoms with van der Waals surface area (Å²) in [7, 11) is 0. The molecule has 0 aromatic heterocycles. The zero-order chi connectivity index (χ0) is 59.8. The second kappa shape index (κ2) is 29.0. The van der Waals surface area contributed by atoms with Crippen LogP contribution in [0.2, 0.25) is 0 Å². The van der Waals surface area contributed by atoms with E-state index in [9.17, 15) is 107 Å². The molecule has 0 aromatic carbocycles. The molecule has 0 spiro atoms. The Morgan fingerprint density at radius 2 is 0.366 bits per heavy atom. The van der Waals surface area contributed by atoms with Crippen molar-refractivity contribution < 1.29 is 178 Å². The van der Waals surface area contributed by atoms with Crippen LogP contribution in [0, 0.1) is 0 Å². The van der Waals surface area contributed by atoms with Gasteiger partial charge in [-0.15, -0.1) is 11.6 Å². The summed E-state index contributed by atoms with van der Waals surface area (Å²) in [6.45, 7) is -6.45. The van der Waals surface area contributed by atoms with E-state index in [1.807, 2.05) is 0 Å². The number of halogens is 1. The molecule has 22 fully saturated rings. The maximum absolute atomic E-state index is 11.3. The lowest BCUT2D eigenvalue weighted by Gasteiger charge is -2.50. The van der Waals surface area contributed by atoms with Gasteiger partial charge in [0, 0.05) is 0 Å². The van der Waals surface area contributed by atoms with Crippen molar-refractivity contribution in [2.24, 2.45) is 0 Å². The molecule has 22 heterocycles. The van der Waals surface area contributed by atoms with E-state index in [-0.39, 0.29) is 0 Å². The van der Waals surface area contributed by atoms with Gasteiger partial charge in [0.2, 0.25) is 0 Å². The number of hydrogen-bond donors (Lipinski definition) is 21. The Kier molecular flexibility index (Phi) is 23.6. The first kappa shape index (κ1) is 66.8. The summed E-state index contributed by atoms with van der Waals surface area (Å²) in [6.07, 6.45) is -69.8. The molecule has 0 aromatic rings. The van der Waals surface area contributed by atoms with Crippen LogP contribution in [0.1, 0.15) is 0 Å². The van der Waals surface area contributed by atoms with Crippen LogP contribution < -0.4 is 0 Å². The minimum atomic E-state index is -2.21. The molecule has 22 rings (SSSR count).